The monoisotopic (exact) mass is 333 g/mol. The van der Waals surface area contributed by atoms with E-state index in [1.807, 2.05) is 6.92 Å². The maximum atomic E-state index is 12.3. The Kier molecular flexibility index (Phi) is 3.34. The molecule has 0 spiro atoms. The Hall–Kier alpha value is -0.780. The molecule has 0 aliphatic heterocycles. The normalized spacial score (nSPS) is 11.7. The molecule has 90 valence electrons. The molecule has 0 atom stereocenters. The molecular weight excluding hydrogens is 326 g/mol. The summed E-state index contributed by atoms with van der Waals surface area (Å²) in [4.78, 5) is 0.168. The van der Waals surface area contributed by atoms with E-state index in [2.05, 4.69) is 15.9 Å². The van der Waals surface area contributed by atoms with Gasteiger partial charge in [0.1, 0.15) is 0 Å². The SMILES string of the molecule is Cc1cc(Br)n(S(=O)(=O)c2cccc(Cl)c2)c1. The molecule has 0 radical (unpaired) electrons. The molecule has 17 heavy (non-hydrogen) atoms. The Morgan fingerprint density at radius 1 is 1.29 bits per heavy atom. The molecule has 0 aliphatic rings. The molecule has 0 aliphatic carbocycles. The van der Waals surface area contributed by atoms with Gasteiger partial charge in [-0.2, -0.15) is 0 Å². The highest BCUT2D eigenvalue weighted by molar-refractivity contribution is 9.10. The molecule has 0 unspecified atom stereocenters. The second-order valence-corrected chi connectivity index (χ2v) is 6.66. The van der Waals surface area contributed by atoms with Crippen LogP contribution in [-0.4, -0.2) is 12.4 Å². The van der Waals surface area contributed by atoms with E-state index in [4.69, 9.17) is 11.6 Å². The van der Waals surface area contributed by atoms with Gasteiger partial charge in [-0.25, -0.2) is 12.4 Å². The summed E-state index contributed by atoms with van der Waals surface area (Å²) in [5.41, 5.74) is 0.863. The van der Waals surface area contributed by atoms with Gasteiger partial charge in [0.05, 0.1) is 9.50 Å². The van der Waals surface area contributed by atoms with Crippen molar-refractivity contribution < 1.29 is 8.42 Å². The average molecular weight is 335 g/mol. The predicted molar refractivity (Wildman–Crippen MR) is 70.9 cm³/mol. The van der Waals surface area contributed by atoms with Gasteiger partial charge < -0.3 is 0 Å². The van der Waals surface area contributed by atoms with Crippen molar-refractivity contribution in [3.8, 4) is 0 Å². The predicted octanol–water partition coefficient (Wildman–Crippen LogP) is 3.45. The number of nitrogens with zero attached hydrogens (tertiary/aromatic N) is 1. The third-order valence-corrected chi connectivity index (χ3v) is 4.98. The van der Waals surface area contributed by atoms with Crippen molar-refractivity contribution in [1.29, 1.82) is 0 Å². The van der Waals surface area contributed by atoms with Gasteiger partial charge in [0.25, 0.3) is 10.0 Å². The van der Waals surface area contributed by atoms with Crippen LogP contribution in [0.4, 0.5) is 0 Å². The quantitative estimate of drug-likeness (QED) is 0.844. The zero-order chi connectivity index (χ0) is 12.6. The summed E-state index contributed by atoms with van der Waals surface area (Å²) in [7, 11) is -3.59. The van der Waals surface area contributed by atoms with Crippen LogP contribution in [0.2, 0.25) is 5.02 Å². The molecule has 6 heteroatoms. The fourth-order valence-corrected chi connectivity index (χ4v) is 4.09. The average Bonchev–Trinajstić information content (AvgIpc) is 2.58. The number of aryl methyl sites for hydroxylation is 1. The smallest absolute Gasteiger partial charge is 0.235 e. The van der Waals surface area contributed by atoms with Gasteiger partial charge in [-0.05, 0) is 52.7 Å². The summed E-state index contributed by atoms with van der Waals surface area (Å²) in [6.07, 6.45) is 1.56. The van der Waals surface area contributed by atoms with Crippen LogP contribution in [0.5, 0.6) is 0 Å². The Morgan fingerprint density at radius 3 is 2.53 bits per heavy atom. The van der Waals surface area contributed by atoms with Gasteiger partial charge in [-0.3, -0.25) is 0 Å². The van der Waals surface area contributed by atoms with Gasteiger partial charge in [-0.1, -0.05) is 17.7 Å². The molecule has 2 aromatic rings. The van der Waals surface area contributed by atoms with Crippen molar-refractivity contribution in [2.75, 3.05) is 0 Å². The molecule has 0 saturated carbocycles. The third-order valence-electron chi connectivity index (χ3n) is 2.23. The Labute approximate surface area is 113 Å². The lowest BCUT2D eigenvalue weighted by Crippen LogP contribution is -2.12. The highest BCUT2D eigenvalue weighted by atomic mass is 79.9. The van der Waals surface area contributed by atoms with Crippen molar-refractivity contribution in [3.05, 3.63) is 51.7 Å². The number of halogens is 2. The number of hydrogen-bond acceptors (Lipinski definition) is 2. The first-order chi connectivity index (χ1) is 7.91. The maximum absolute atomic E-state index is 12.3. The number of benzene rings is 1. The van der Waals surface area contributed by atoms with Crippen LogP contribution in [0.3, 0.4) is 0 Å². The van der Waals surface area contributed by atoms with Crippen LogP contribution in [-0.2, 0) is 10.0 Å². The van der Waals surface area contributed by atoms with Crippen LogP contribution in [0.25, 0.3) is 0 Å². The van der Waals surface area contributed by atoms with E-state index in [1.54, 1.807) is 24.4 Å². The molecule has 2 rings (SSSR count). The topological polar surface area (TPSA) is 39.1 Å². The van der Waals surface area contributed by atoms with E-state index in [0.717, 1.165) is 5.56 Å². The Morgan fingerprint density at radius 2 is 2.00 bits per heavy atom. The van der Waals surface area contributed by atoms with E-state index < -0.39 is 10.0 Å². The highest BCUT2D eigenvalue weighted by Gasteiger charge is 2.19. The van der Waals surface area contributed by atoms with Gasteiger partial charge in [0.2, 0.25) is 0 Å². The lowest BCUT2D eigenvalue weighted by atomic mass is 10.4. The van der Waals surface area contributed by atoms with Crippen molar-refractivity contribution in [2.24, 2.45) is 0 Å². The van der Waals surface area contributed by atoms with Crippen LogP contribution >= 0.6 is 27.5 Å². The number of rotatable bonds is 2. The number of hydrogen-bond donors (Lipinski definition) is 0. The molecule has 3 nitrogen and oxygen atoms in total. The van der Waals surface area contributed by atoms with Gasteiger partial charge in [0, 0.05) is 11.2 Å². The minimum Gasteiger partial charge on any atom is -0.235 e. The molecule has 1 aromatic carbocycles. The molecule has 1 aromatic heterocycles. The largest absolute Gasteiger partial charge is 0.268 e. The first-order valence-electron chi connectivity index (χ1n) is 4.77. The van der Waals surface area contributed by atoms with Gasteiger partial charge in [-0.15, -0.1) is 0 Å². The van der Waals surface area contributed by atoms with E-state index in [1.165, 1.54) is 16.1 Å². The molecule has 0 fully saturated rings. The van der Waals surface area contributed by atoms with Crippen molar-refractivity contribution in [3.63, 3.8) is 0 Å². The highest BCUT2D eigenvalue weighted by Crippen LogP contribution is 2.23. The van der Waals surface area contributed by atoms with E-state index >= 15 is 0 Å². The summed E-state index contributed by atoms with van der Waals surface area (Å²) >= 11 is 9.02. The summed E-state index contributed by atoms with van der Waals surface area (Å²) in [6.45, 7) is 1.83. The van der Waals surface area contributed by atoms with Crippen LogP contribution in [0, 0.1) is 6.92 Å². The van der Waals surface area contributed by atoms with Gasteiger partial charge >= 0.3 is 0 Å². The third kappa shape index (κ3) is 2.41. The molecule has 0 bridgehead atoms. The molecule has 0 saturated heterocycles. The fraction of sp³-hybridized carbons (Fsp3) is 0.0909. The summed E-state index contributed by atoms with van der Waals surface area (Å²) in [5, 5.41) is 0.395. The molecular formula is C11H9BrClNO2S. The second kappa shape index (κ2) is 4.48. The minimum atomic E-state index is -3.59. The van der Waals surface area contributed by atoms with Crippen molar-refractivity contribution >= 4 is 37.6 Å². The second-order valence-electron chi connectivity index (χ2n) is 3.60. The molecule has 0 N–H and O–H groups in total. The lowest BCUT2D eigenvalue weighted by Gasteiger charge is -2.07. The molecule has 0 amide bonds. The first kappa shape index (κ1) is 12.7. The Bertz CT molecular complexity index is 664. The van der Waals surface area contributed by atoms with Crippen LogP contribution in [0.15, 0.2) is 46.0 Å². The van der Waals surface area contributed by atoms with E-state index in [-0.39, 0.29) is 4.90 Å². The molecule has 1 heterocycles. The zero-order valence-electron chi connectivity index (χ0n) is 8.89. The fourth-order valence-electron chi connectivity index (χ4n) is 1.46. The van der Waals surface area contributed by atoms with E-state index in [0.29, 0.717) is 9.63 Å². The summed E-state index contributed by atoms with van der Waals surface area (Å²) in [5.74, 6) is 0. The number of aromatic nitrogens is 1. The minimum absolute atomic E-state index is 0.168. The van der Waals surface area contributed by atoms with Gasteiger partial charge in [0.15, 0.2) is 0 Å². The first-order valence-corrected chi connectivity index (χ1v) is 7.38. The standard InChI is InChI=1S/C11H9BrClNO2S/c1-8-5-11(12)14(7-8)17(15,16)10-4-2-3-9(13)6-10/h2-7H,1H3. The van der Waals surface area contributed by atoms with Crippen molar-refractivity contribution in [1.82, 2.24) is 3.97 Å². The summed E-state index contributed by atoms with van der Waals surface area (Å²) in [6, 6.07) is 7.93. The van der Waals surface area contributed by atoms with E-state index in [9.17, 15) is 8.42 Å². The maximum Gasteiger partial charge on any atom is 0.268 e. The zero-order valence-corrected chi connectivity index (χ0v) is 12.1. The van der Waals surface area contributed by atoms with Crippen LogP contribution < -0.4 is 0 Å². The van der Waals surface area contributed by atoms with Crippen LogP contribution in [0.1, 0.15) is 5.56 Å². The summed E-state index contributed by atoms with van der Waals surface area (Å²) < 4.78 is 26.3. The lowest BCUT2D eigenvalue weighted by molar-refractivity contribution is 0.586. The Balaban J connectivity index is 2.62. The van der Waals surface area contributed by atoms with Crippen molar-refractivity contribution in [2.45, 2.75) is 11.8 Å².